The number of hydrogen-bond acceptors (Lipinski definition) is 2. The van der Waals surface area contributed by atoms with Crippen molar-refractivity contribution >= 4 is 44.9 Å². The van der Waals surface area contributed by atoms with E-state index in [1.54, 1.807) is 42.5 Å². The first-order chi connectivity index (χ1) is 9.56. The standard InChI is InChI=1S/C15H11BrClNO2/c16-11-6-7-13(12(17)8-11)18-15(20)9-14(19)10-4-2-1-3-5-10/h1-8H,9H2,(H,18,20). The van der Waals surface area contributed by atoms with Gasteiger partial charge in [0, 0.05) is 10.0 Å². The minimum atomic E-state index is -0.386. The number of Topliss-reactive ketones (excluding diaryl/α,β-unsaturated/α-hetero) is 1. The Morgan fingerprint density at radius 2 is 1.80 bits per heavy atom. The second kappa shape index (κ2) is 6.68. The highest BCUT2D eigenvalue weighted by atomic mass is 79.9. The van der Waals surface area contributed by atoms with Gasteiger partial charge in [0.05, 0.1) is 17.1 Å². The lowest BCUT2D eigenvalue weighted by Gasteiger charge is -2.07. The molecule has 5 heteroatoms. The van der Waals surface area contributed by atoms with Crippen LogP contribution in [-0.4, -0.2) is 11.7 Å². The average Bonchev–Trinajstić information content (AvgIpc) is 2.43. The van der Waals surface area contributed by atoms with E-state index in [0.717, 1.165) is 4.47 Å². The van der Waals surface area contributed by atoms with Gasteiger partial charge in [0.25, 0.3) is 0 Å². The molecule has 0 aromatic heterocycles. The Kier molecular flexibility index (Phi) is 4.93. The van der Waals surface area contributed by atoms with Gasteiger partial charge in [-0.3, -0.25) is 9.59 Å². The molecular formula is C15H11BrClNO2. The van der Waals surface area contributed by atoms with Gasteiger partial charge in [-0.25, -0.2) is 0 Å². The van der Waals surface area contributed by atoms with E-state index in [9.17, 15) is 9.59 Å². The van der Waals surface area contributed by atoms with Gasteiger partial charge in [-0.1, -0.05) is 57.9 Å². The van der Waals surface area contributed by atoms with Gasteiger partial charge in [-0.15, -0.1) is 0 Å². The molecule has 2 rings (SSSR count). The van der Waals surface area contributed by atoms with Crippen LogP contribution in [0.3, 0.4) is 0 Å². The number of nitrogens with one attached hydrogen (secondary N) is 1. The molecule has 0 aliphatic carbocycles. The van der Waals surface area contributed by atoms with Crippen LogP contribution >= 0.6 is 27.5 Å². The summed E-state index contributed by atoms with van der Waals surface area (Å²) in [7, 11) is 0. The van der Waals surface area contributed by atoms with E-state index < -0.39 is 0 Å². The molecule has 2 aromatic carbocycles. The van der Waals surface area contributed by atoms with Crippen molar-refractivity contribution in [2.45, 2.75) is 6.42 Å². The molecule has 1 N–H and O–H groups in total. The molecular weight excluding hydrogens is 342 g/mol. The average molecular weight is 353 g/mol. The van der Waals surface area contributed by atoms with Gasteiger partial charge < -0.3 is 5.32 Å². The van der Waals surface area contributed by atoms with Gasteiger partial charge >= 0.3 is 0 Å². The summed E-state index contributed by atoms with van der Waals surface area (Å²) in [6.07, 6.45) is -0.212. The van der Waals surface area contributed by atoms with Gasteiger partial charge in [0.2, 0.25) is 5.91 Å². The Balaban J connectivity index is 2.01. The molecule has 0 aliphatic heterocycles. The quantitative estimate of drug-likeness (QED) is 0.658. The minimum absolute atomic E-state index is 0.212. The summed E-state index contributed by atoms with van der Waals surface area (Å²) >= 11 is 9.28. The third-order valence-electron chi connectivity index (χ3n) is 2.62. The van der Waals surface area contributed by atoms with E-state index in [-0.39, 0.29) is 18.1 Å². The summed E-state index contributed by atoms with van der Waals surface area (Å²) in [5.41, 5.74) is 1.00. The fourth-order valence-electron chi connectivity index (χ4n) is 1.66. The van der Waals surface area contributed by atoms with Crippen molar-refractivity contribution < 1.29 is 9.59 Å². The smallest absolute Gasteiger partial charge is 0.232 e. The first-order valence-corrected chi connectivity index (χ1v) is 7.06. The molecule has 3 nitrogen and oxygen atoms in total. The van der Waals surface area contributed by atoms with Gasteiger partial charge in [0.15, 0.2) is 5.78 Å². The van der Waals surface area contributed by atoms with E-state index in [4.69, 9.17) is 11.6 Å². The Morgan fingerprint density at radius 3 is 2.45 bits per heavy atom. The van der Waals surface area contributed by atoms with Crippen molar-refractivity contribution in [3.05, 3.63) is 63.6 Å². The SMILES string of the molecule is O=C(CC(=O)c1ccccc1)Nc1ccc(Br)cc1Cl. The zero-order valence-corrected chi connectivity index (χ0v) is 12.7. The third-order valence-corrected chi connectivity index (χ3v) is 3.43. The van der Waals surface area contributed by atoms with Crippen molar-refractivity contribution in [2.75, 3.05) is 5.32 Å². The molecule has 0 aliphatic rings. The molecule has 20 heavy (non-hydrogen) atoms. The fraction of sp³-hybridized carbons (Fsp3) is 0.0667. The van der Waals surface area contributed by atoms with Crippen LogP contribution in [0.4, 0.5) is 5.69 Å². The number of halogens is 2. The zero-order valence-electron chi connectivity index (χ0n) is 10.4. The van der Waals surface area contributed by atoms with Crippen LogP contribution < -0.4 is 5.32 Å². The molecule has 0 atom stereocenters. The van der Waals surface area contributed by atoms with Crippen molar-refractivity contribution in [2.24, 2.45) is 0 Å². The fourth-order valence-corrected chi connectivity index (χ4v) is 2.38. The molecule has 0 radical (unpaired) electrons. The van der Waals surface area contributed by atoms with Crippen molar-refractivity contribution in [3.63, 3.8) is 0 Å². The minimum Gasteiger partial charge on any atom is -0.324 e. The molecule has 2 aromatic rings. The third kappa shape index (κ3) is 3.92. The second-order valence-corrected chi connectivity index (χ2v) is 5.46. The number of anilines is 1. The normalized spacial score (nSPS) is 10.1. The highest BCUT2D eigenvalue weighted by Crippen LogP contribution is 2.25. The summed E-state index contributed by atoms with van der Waals surface area (Å²) in [5, 5.41) is 3.04. The molecule has 0 bridgehead atoms. The van der Waals surface area contributed by atoms with Crippen LogP contribution in [0.1, 0.15) is 16.8 Å². The van der Waals surface area contributed by atoms with Crippen LogP contribution in [-0.2, 0) is 4.79 Å². The van der Waals surface area contributed by atoms with Crippen molar-refractivity contribution in [3.8, 4) is 0 Å². The van der Waals surface area contributed by atoms with E-state index in [1.807, 2.05) is 6.07 Å². The summed E-state index contributed by atoms with van der Waals surface area (Å²) in [5.74, 6) is -0.612. The molecule has 0 saturated heterocycles. The maximum atomic E-state index is 11.9. The Hall–Kier alpha value is -1.65. The lowest BCUT2D eigenvalue weighted by molar-refractivity contribution is -0.115. The zero-order chi connectivity index (χ0) is 14.5. The molecule has 0 heterocycles. The van der Waals surface area contributed by atoms with Crippen LogP contribution in [0, 0.1) is 0 Å². The number of amides is 1. The molecule has 0 saturated carbocycles. The first kappa shape index (κ1) is 14.8. The van der Waals surface area contributed by atoms with Crippen molar-refractivity contribution in [1.82, 2.24) is 0 Å². The second-order valence-electron chi connectivity index (χ2n) is 4.14. The predicted octanol–water partition coefficient (Wildman–Crippen LogP) is 4.31. The number of carbonyl (C=O) groups is 2. The Labute approximate surface area is 130 Å². The van der Waals surface area contributed by atoms with Crippen LogP contribution in [0.5, 0.6) is 0 Å². The summed E-state index contributed by atoms with van der Waals surface area (Å²) < 4.78 is 0.820. The summed E-state index contributed by atoms with van der Waals surface area (Å²) in [6.45, 7) is 0. The monoisotopic (exact) mass is 351 g/mol. The van der Waals surface area contributed by atoms with Crippen LogP contribution in [0.2, 0.25) is 5.02 Å². The maximum absolute atomic E-state index is 11.9. The van der Waals surface area contributed by atoms with Gasteiger partial charge in [0.1, 0.15) is 0 Å². The van der Waals surface area contributed by atoms with Crippen LogP contribution in [0.15, 0.2) is 53.0 Å². The van der Waals surface area contributed by atoms with Crippen molar-refractivity contribution in [1.29, 1.82) is 0 Å². The summed E-state index contributed by atoms with van der Waals surface area (Å²) in [4.78, 5) is 23.7. The highest BCUT2D eigenvalue weighted by Gasteiger charge is 2.12. The topological polar surface area (TPSA) is 46.2 Å². The van der Waals surface area contributed by atoms with Crippen LogP contribution in [0.25, 0.3) is 0 Å². The largest absolute Gasteiger partial charge is 0.324 e. The molecule has 0 unspecified atom stereocenters. The number of hydrogen-bond donors (Lipinski definition) is 1. The first-order valence-electron chi connectivity index (χ1n) is 5.89. The number of benzene rings is 2. The number of ketones is 1. The molecule has 0 spiro atoms. The predicted molar refractivity (Wildman–Crippen MR) is 83.2 cm³/mol. The van der Waals surface area contributed by atoms with Gasteiger partial charge in [-0.2, -0.15) is 0 Å². The number of carbonyl (C=O) groups excluding carboxylic acids is 2. The lowest BCUT2D eigenvalue weighted by atomic mass is 10.1. The van der Waals surface area contributed by atoms with E-state index in [0.29, 0.717) is 16.3 Å². The Bertz CT molecular complexity index is 644. The molecule has 0 fully saturated rings. The molecule has 1 amide bonds. The van der Waals surface area contributed by atoms with Gasteiger partial charge in [-0.05, 0) is 18.2 Å². The van der Waals surface area contributed by atoms with E-state index in [1.165, 1.54) is 0 Å². The summed E-state index contributed by atoms with van der Waals surface area (Å²) in [6, 6.07) is 13.8. The number of rotatable bonds is 4. The lowest BCUT2D eigenvalue weighted by Crippen LogP contribution is -2.16. The van der Waals surface area contributed by atoms with E-state index >= 15 is 0 Å². The molecule has 102 valence electrons. The maximum Gasteiger partial charge on any atom is 0.232 e. The highest BCUT2D eigenvalue weighted by molar-refractivity contribution is 9.10. The Morgan fingerprint density at radius 1 is 1.10 bits per heavy atom. The van der Waals surface area contributed by atoms with E-state index in [2.05, 4.69) is 21.2 Å².